The molecule has 6 nitrogen and oxygen atoms in total. The first-order valence-electron chi connectivity index (χ1n) is 6.44. The second-order valence-corrected chi connectivity index (χ2v) is 7.27. The molecular weight excluding hydrogens is 252 g/mol. The first-order chi connectivity index (χ1) is 8.37. The van der Waals surface area contributed by atoms with E-state index in [4.69, 9.17) is 5.73 Å². The van der Waals surface area contributed by atoms with Gasteiger partial charge in [-0.05, 0) is 39.4 Å². The highest BCUT2D eigenvalue weighted by Crippen LogP contribution is 2.19. The number of likely N-dealkylation sites (N-methyl/N-ethyl adjacent to an activating group) is 2. The van der Waals surface area contributed by atoms with Crippen LogP contribution in [-0.2, 0) is 10.2 Å². The predicted octanol–water partition coefficient (Wildman–Crippen LogP) is -0.605. The summed E-state index contributed by atoms with van der Waals surface area (Å²) in [6.45, 7) is 2.98. The van der Waals surface area contributed by atoms with Crippen molar-refractivity contribution in [3.05, 3.63) is 0 Å². The Hall–Kier alpha value is -0.210. The van der Waals surface area contributed by atoms with Gasteiger partial charge >= 0.3 is 0 Å². The molecule has 0 bridgehead atoms. The summed E-state index contributed by atoms with van der Waals surface area (Å²) in [6, 6.07) is 0. The Morgan fingerprint density at radius 2 is 1.94 bits per heavy atom. The van der Waals surface area contributed by atoms with E-state index in [1.54, 1.807) is 11.4 Å². The Labute approximate surface area is 111 Å². The van der Waals surface area contributed by atoms with Crippen molar-refractivity contribution < 1.29 is 8.42 Å². The third kappa shape index (κ3) is 4.17. The summed E-state index contributed by atoms with van der Waals surface area (Å²) in [4.78, 5) is 1.98. The van der Waals surface area contributed by atoms with Crippen LogP contribution in [0.15, 0.2) is 0 Å². The smallest absolute Gasteiger partial charge is 0.281 e. The lowest BCUT2D eigenvalue weighted by atomic mass is 10.0. The summed E-state index contributed by atoms with van der Waals surface area (Å²) in [5.41, 5.74) is 5.64. The van der Waals surface area contributed by atoms with Gasteiger partial charge in [0.1, 0.15) is 0 Å². The van der Waals surface area contributed by atoms with Crippen molar-refractivity contribution in [2.75, 3.05) is 53.9 Å². The molecule has 1 rings (SSSR count). The SMILES string of the molecule is CN(C)CCN(C)S(=O)(=O)N1CCCC(CN)C1. The van der Waals surface area contributed by atoms with Gasteiger partial charge in [0.2, 0.25) is 0 Å². The molecule has 0 saturated carbocycles. The molecule has 1 aliphatic heterocycles. The van der Waals surface area contributed by atoms with E-state index < -0.39 is 10.2 Å². The molecule has 0 radical (unpaired) electrons. The van der Waals surface area contributed by atoms with E-state index in [9.17, 15) is 8.42 Å². The minimum atomic E-state index is -3.32. The van der Waals surface area contributed by atoms with E-state index in [2.05, 4.69) is 0 Å². The van der Waals surface area contributed by atoms with E-state index in [0.29, 0.717) is 32.1 Å². The minimum Gasteiger partial charge on any atom is -0.330 e. The quantitative estimate of drug-likeness (QED) is 0.704. The molecule has 0 aromatic heterocycles. The Morgan fingerprint density at radius 1 is 1.28 bits per heavy atom. The standard InChI is InChI=1S/C11H26N4O2S/c1-13(2)7-8-14(3)18(16,17)15-6-4-5-11(9-12)10-15/h11H,4-10,12H2,1-3H3. The van der Waals surface area contributed by atoms with Crippen LogP contribution in [0.2, 0.25) is 0 Å². The third-order valence-electron chi connectivity index (χ3n) is 3.40. The molecule has 1 saturated heterocycles. The maximum absolute atomic E-state index is 12.4. The van der Waals surface area contributed by atoms with Crippen LogP contribution < -0.4 is 5.73 Å². The van der Waals surface area contributed by atoms with Crippen molar-refractivity contribution >= 4 is 10.2 Å². The predicted molar refractivity (Wildman–Crippen MR) is 73.5 cm³/mol. The van der Waals surface area contributed by atoms with Crippen LogP contribution in [0.1, 0.15) is 12.8 Å². The normalized spacial score (nSPS) is 22.9. The van der Waals surface area contributed by atoms with Crippen molar-refractivity contribution in [1.29, 1.82) is 0 Å². The number of nitrogens with two attached hydrogens (primary N) is 1. The average Bonchev–Trinajstić information content (AvgIpc) is 2.35. The molecule has 108 valence electrons. The van der Waals surface area contributed by atoms with E-state index in [-0.39, 0.29) is 0 Å². The molecule has 0 aromatic carbocycles. The average molecular weight is 278 g/mol. The van der Waals surface area contributed by atoms with Crippen LogP contribution in [0.3, 0.4) is 0 Å². The van der Waals surface area contributed by atoms with Gasteiger partial charge in [0, 0.05) is 33.2 Å². The van der Waals surface area contributed by atoms with Crippen molar-refractivity contribution in [3.63, 3.8) is 0 Å². The maximum atomic E-state index is 12.4. The Balaban J connectivity index is 2.61. The highest BCUT2D eigenvalue weighted by Gasteiger charge is 2.31. The summed E-state index contributed by atoms with van der Waals surface area (Å²) >= 11 is 0. The molecule has 1 fully saturated rings. The van der Waals surface area contributed by atoms with E-state index in [1.807, 2.05) is 19.0 Å². The highest BCUT2D eigenvalue weighted by molar-refractivity contribution is 7.86. The lowest BCUT2D eigenvalue weighted by Crippen LogP contribution is -2.48. The molecule has 2 N–H and O–H groups in total. The highest BCUT2D eigenvalue weighted by atomic mass is 32.2. The number of hydrogen-bond donors (Lipinski definition) is 1. The fourth-order valence-corrected chi connectivity index (χ4v) is 3.55. The second-order valence-electron chi connectivity index (χ2n) is 5.23. The number of piperidine rings is 1. The second kappa shape index (κ2) is 6.81. The van der Waals surface area contributed by atoms with Crippen molar-refractivity contribution in [1.82, 2.24) is 13.5 Å². The van der Waals surface area contributed by atoms with Gasteiger partial charge in [0.25, 0.3) is 10.2 Å². The van der Waals surface area contributed by atoms with Crippen LogP contribution in [0.5, 0.6) is 0 Å². The van der Waals surface area contributed by atoms with E-state index in [0.717, 1.165) is 19.4 Å². The van der Waals surface area contributed by atoms with Crippen LogP contribution in [0, 0.1) is 5.92 Å². The largest absolute Gasteiger partial charge is 0.330 e. The maximum Gasteiger partial charge on any atom is 0.281 e. The molecule has 0 aliphatic carbocycles. The van der Waals surface area contributed by atoms with Gasteiger partial charge in [0.15, 0.2) is 0 Å². The molecule has 1 unspecified atom stereocenters. The molecular formula is C11H26N4O2S. The molecule has 7 heteroatoms. The molecule has 18 heavy (non-hydrogen) atoms. The zero-order valence-corrected chi connectivity index (χ0v) is 12.5. The third-order valence-corrected chi connectivity index (χ3v) is 5.35. The summed E-state index contributed by atoms with van der Waals surface area (Å²) in [7, 11) is 2.20. The van der Waals surface area contributed by atoms with Crippen LogP contribution in [0.4, 0.5) is 0 Å². The van der Waals surface area contributed by atoms with Crippen LogP contribution >= 0.6 is 0 Å². The molecule has 1 aliphatic rings. The fraction of sp³-hybridized carbons (Fsp3) is 1.00. The first-order valence-corrected chi connectivity index (χ1v) is 7.83. The van der Waals surface area contributed by atoms with Crippen LogP contribution in [0.25, 0.3) is 0 Å². The summed E-state index contributed by atoms with van der Waals surface area (Å²) in [5, 5.41) is 0. The molecule has 0 spiro atoms. The minimum absolute atomic E-state index is 0.302. The van der Waals surface area contributed by atoms with Crippen LogP contribution in [-0.4, -0.2) is 75.8 Å². The van der Waals surface area contributed by atoms with E-state index in [1.165, 1.54) is 4.31 Å². The van der Waals surface area contributed by atoms with Gasteiger partial charge < -0.3 is 10.6 Å². The lowest BCUT2D eigenvalue weighted by molar-refractivity contribution is 0.252. The topological polar surface area (TPSA) is 69.9 Å². The fourth-order valence-electron chi connectivity index (χ4n) is 2.08. The molecule has 0 aromatic rings. The number of hydrogen-bond acceptors (Lipinski definition) is 4. The van der Waals surface area contributed by atoms with Crippen molar-refractivity contribution in [2.45, 2.75) is 12.8 Å². The Morgan fingerprint density at radius 3 is 2.50 bits per heavy atom. The summed E-state index contributed by atoms with van der Waals surface area (Å²) < 4.78 is 27.7. The van der Waals surface area contributed by atoms with Gasteiger partial charge in [-0.3, -0.25) is 0 Å². The first kappa shape index (κ1) is 15.8. The monoisotopic (exact) mass is 278 g/mol. The zero-order chi connectivity index (χ0) is 13.8. The zero-order valence-electron chi connectivity index (χ0n) is 11.7. The Kier molecular flexibility index (Phi) is 6.00. The van der Waals surface area contributed by atoms with E-state index >= 15 is 0 Å². The van der Waals surface area contributed by atoms with Gasteiger partial charge in [-0.25, -0.2) is 0 Å². The summed E-state index contributed by atoms with van der Waals surface area (Å²) in [6.07, 6.45) is 1.94. The summed E-state index contributed by atoms with van der Waals surface area (Å²) in [5.74, 6) is 0.302. The van der Waals surface area contributed by atoms with Gasteiger partial charge in [-0.2, -0.15) is 17.0 Å². The van der Waals surface area contributed by atoms with Gasteiger partial charge in [0.05, 0.1) is 0 Å². The molecule has 0 amide bonds. The van der Waals surface area contributed by atoms with Crippen molar-refractivity contribution in [2.24, 2.45) is 11.7 Å². The Bertz CT molecular complexity index is 345. The number of nitrogens with zero attached hydrogens (tertiary/aromatic N) is 3. The molecule has 1 atom stereocenters. The van der Waals surface area contributed by atoms with Gasteiger partial charge in [-0.15, -0.1) is 0 Å². The number of rotatable bonds is 6. The lowest BCUT2D eigenvalue weighted by Gasteiger charge is -2.34. The van der Waals surface area contributed by atoms with Gasteiger partial charge in [-0.1, -0.05) is 0 Å². The van der Waals surface area contributed by atoms with Crippen molar-refractivity contribution in [3.8, 4) is 0 Å². The molecule has 1 heterocycles.